The predicted octanol–water partition coefficient (Wildman–Crippen LogP) is 2.49. The number of hydrogen-bond acceptors (Lipinski definition) is 4. The Kier molecular flexibility index (Phi) is 5.54. The fraction of sp³-hybridized carbons (Fsp3) is 0.286. The van der Waals surface area contributed by atoms with E-state index in [1.165, 1.54) is 14.0 Å². The van der Waals surface area contributed by atoms with E-state index in [1.54, 1.807) is 35.2 Å². The van der Waals surface area contributed by atoms with Crippen LogP contribution in [0.4, 0.5) is 0 Å². The normalized spacial score (nSPS) is 16.1. The maximum Gasteiger partial charge on any atom is 0.338 e. The van der Waals surface area contributed by atoms with Crippen LogP contribution in [0.25, 0.3) is 11.1 Å². The van der Waals surface area contributed by atoms with E-state index >= 15 is 0 Å². The summed E-state index contributed by atoms with van der Waals surface area (Å²) in [5.41, 5.74) is 2.50. The number of benzene rings is 2. The molecule has 140 valence electrons. The van der Waals surface area contributed by atoms with Crippen molar-refractivity contribution in [2.45, 2.75) is 19.4 Å². The van der Waals surface area contributed by atoms with Gasteiger partial charge >= 0.3 is 5.97 Å². The fourth-order valence-corrected chi connectivity index (χ4v) is 3.38. The summed E-state index contributed by atoms with van der Waals surface area (Å²) in [4.78, 5) is 37.8. The Hall–Kier alpha value is -3.15. The van der Waals surface area contributed by atoms with Crippen molar-refractivity contribution in [2.75, 3.05) is 20.2 Å². The van der Waals surface area contributed by atoms with Crippen molar-refractivity contribution in [1.29, 1.82) is 0 Å². The molecule has 1 N–H and O–H groups in total. The number of hydrogen-bond donors (Lipinski definition) is 1. The van der Waals surface area contributed by atoms with Crippen LogP contribution in [0.15, 0.2) is 48.5 Å². The fourth-order valence-electron chi connectivity index (χ4n) is 3.38. The van der Waals surface area contributed by atoms with E-state index in [4.69, 9.17) is 4.74 Å². The van der Waals surface area contributed by atoms with Gasteiger partial charge in [0.2, 0.25) is 5.91 Å². The van der Waals surface area contributed by atoms with Crippen molar-refractivity contribution >= 4 is 17.8 Å². The molecule has 2 amide bonds. The molecule has 6 nitrogen and oxygen atoms in total. The molecule has 1 aliphatic rings. The van der Waals surface area contributed by atoms with Gasteiger partial charge in [-0.15, -0.1) is 0 Å². The van der Waals surface area contributed by atoms with E-state index in [0.29, 0.717) is 24.2 Å². The van der Waals surface area contributed by atoms with Gasteiger partial charge in [-0.3, -0.25) is 9.59 Å². The zero-order valence-corrected chi connectivity index (χ0v) is 15.4. The summed E-state index contributed by atoms with van der Waals surface area (Å²) < 4.78 is 4.85. The predicted molar refractivity (Wildman–Crippen MR) is 101 cm³/mol. The van der Waals surface area contributed by atoms with Gasteiger partial charge in [0.05, 0.1) is 12.7 Å². The standard InChI is InChI=1S/C21H22N2O4/c1-14(24)22-17-10-11-23(13-17)20(25)16-7-5-6-15(12-16)18-8-3-4-9-19(18)21(26)27-2/h3-9,12,17H,10-11,13H2,1-2H3,(H,22,24). The Morgan fingerprint density at radius 3 is 2.63 bits per heavy atom. The highest BCUT2D eigenvalue weighted by Gasteiger charge is 2.27. The van der Waals surface area contributed by atoms with Gasteiger partial charge in [-0.1, -0.05) is 30.3 Å². The molecule has 3 rings (SSSR count). The summed E-state index contributed by atoms with van der Waals surface area (Å²) >= 11 is 0. The van der Waals surface area contributed by atoms with Gasteiger partial charge in [0.25, 0.3) is 5.91 Å². The first kappa shape index (κ1) is 18.6. The van der Waals surface area contributed by atoms with Crippen molar-refractivity contribution < 1.29 is 19.1 Å². The van der Waals surface area contributed by atoms with Crippen LogP contribution < -0.4 is 5.32 Å². The molecule has 1 unspecified atom stereocenters. The number of amides is 2. The minimum atomic E-state index is -0.417. The van der Waals surface area contributed by atoms with Crippen molar-refractivity contribution in [2.24, 2.45) is 0 Å². The van der Waals surface area contributed by atoms with Crippen LogP contribution in [0.1, 0.15) is 34.1 Å². The lowest BCUT2D eigenvalue weighted by atomic mass is 9.98. The lowest BCUT2D eigenvalue weighted by Crippen LogP contribution is -2.37. The molecule has 0 radical (unpaired) electrons. The first-order valence-corrected chi connectivity index (χ1v) is 8.83. The van der Waals surface area contributed by atoms with Crippen LogP contribution in [0.5, 0.6) is 0 Å². The topological polar surface area (TPSA) is 75.7 Å². The molecule has 1 saturated heterocycles. The molecule has 2 aromatic carbocycles. The number of methoxy groups -OCH3 is 1. The van der Waals surface area contributed by atoms with Crippen molar-refractivity contribution in [3.05, 3.63) is 59.7 Å². The molecule has 1 atom stereocenters. The number of ether oxygens (including phenoxy) is 1. The highest BCUT2D eigenvalue weighted by Crippen LogP contribution is 2.26. The summed E-state index contributed by atoms with van der Waals surface area (Å²) in [5, 5.41) is 2.86. The number of nitrogens with one attached hydrogen (secondary N) is 1. The number of likely N-dealkylation sites (tertiary alicyclic amines) is 1. The third-order valence-electron chi connectivity index (χ3n) is 4.64. The van der Waals surface area contributed by atoms with Gasteiger partial charge in [0, 0.05) is 31.6 Å². The van der Waals surface area contributed by atoms with E-state index in [2.05, 4.69) is 5.32 Å². The van der Waals surface area contributed by atoms with Crippen LogP contribution in [0.2, 0.25) is 0 Å². The molecule has 1 fully saturated rings. The molecule has 0 bridgehead atoms. The third-order valence-corrected chi connectivity index (χ3v) is 4.64. The second kappa shape index (κ2) is 8.03. The Labute approximate surface area is 158 Å². The number of esters is 1. The molecule has 1 heterocycles. The molecule has 27 heavy (non-hydrogen) atoms. The molecule has 6 heteroatoms. The highest BCUT2D eigenvalue weighted by molar-refractivity contribution is 5.99. The molecule has 1 aliphatic heterocycles. The van der Waals surface area contributed by atoms with E-state index < -0.39 is 5.97 Å². The maximum atomic E-state index is 12.9. The van der Waals surface area contributed by atoms with Crippen molar-refractivity contribution in [3.63, 3.8) is 0 Å². The number of rotatable bonds is 4. The van der Waals surface area contributed by atoms with E-state index in [-0.39, 0.29) is 17.9 Å². The summed E-state index contributed by atoms with van der Waals surface area (Å²) in [6.07, 6.45) is 0.746. The Bertz CT molecular complexity index is 878. The molecule has 0 aromatic heterocycles. The van der Waals surface area contributed by atoms with Crippen LogP contribution in [-0.2, 0) is 9.53 Å². The lowest BCUT2D eigenvalue weighted by molar-refractivity contribution is -0.119. The number of nitrogens with zero attached hydrogens (tertiary/aromatic N) is 1. The van der Waals surface area contributed by atoms with Crippen molar-refractivity contribution in [1.82, 2.24) is 10.2 Å². The first-order valence-electron chi connectivity index (χ1n) is 8.83. The highest BCUT2D eigenvalue weighted by atomic mass is 16.5. The summed E-state index contributed by atoms with van der Waals surface area (Å²) in [6.45, 7) is 2.58. The summed E-state index contributed by atoms with van der Waals surface area (Å²) in [6, 6.07) is 14.4. The van der Waals surface area contributed by atoms with Gasteiger partial charge in [-0.25, -0.2) is 4.79 Å². The average molecular weight is 366 g/mol. The van der Waals surface area contributed by atoms with Crippen LogP contribution in [0, 0.1) is 0 Å². The van der Waals surface area contributed by atoms with E-state index in [0.717, 1.165) is 17.5 Å². The van der Waals surface area contributed by atoms with Gasteiger partial charge in [0.1, 0.15) is 0 Å². The zero-order chi connectivity index (χ0) is 19.4. The molecular formula is C21H22N2O4. The van der Waals surface area contributed by atoms with Crippen LogP contribution >= 0.6 is 0 Å². The maximum absolute atomic E-state index is 12.9. The number of carbonyl (C=O) groups is 3. The second-order valence-corrected chi connectivity index (χ2v) is 6.56. The van der Waals surface area contributed by atoms with Crippen molar-refractivity contribution in [3.8, 4) is 11.1 Å². The SMILES string of the molecule is COC(=O)c1ccccc1-c1cccc(C(=O)N2CCC(NC(C)=O)C2)c1. The van der Waals surface area contributed by atoms with E-state index in [9.17, 15) is 14.4 Å². The summed E-state index contributed by atoms with van der Waals surface area (Å²) in [5.74, 6) is -0.587. The Morgan fingerprint density at radius 1 is 1.11 bits per heavy atom. The molecule has 0 saturated carbocycles. The molecule has 0 aliphatic carbocycles. The summed E-state index contributed by atoms with van der Waals surface area (Å²) in [7, 11) is 1.35. The second-order valence-electron chi connectivity index (χ2n) is 6.56. The molecule has 2 aromatic rings. The first-order chi connectivity index (χ1) is 13.0. The van der Waals surface area contributed by atoms with Gasteiger partial charge in [-0.2, -0.15) is 0 Å². The largest absolute Gasteiger partial charge is 0.465 e. The van der Waals surface area contributed by atoms with E-state index in [1.807, 2.05) is 18.2 Å². The van der Waals surface area contributed by atoms with Gasteiger partial charge in [-0.05, 0) is 35.7 Å². The van der Waals surface area contributed by atoms with Crippen LogP contribution in [0.3, 0.4) is 0 Å². The molecule has 0 spiro atoms. The quantitative estimate of drug-likeness (QED) is 0.844. The minimum Gasteiger partial charge on any atom is -0.465 e. The van der Waals surface area contributed by atoms with Gasteiger partial charge in [0.15, 0.2) is 0 Å². The van der Waals surface area contributed by atoms with Gasteiger partial charge < -0.3 is 15.0 Å². The van der Waals surface area contributed by atoms with Crippen LogP contribution in [-0.4, -0.2) is 48.9 Å². The number of carbonyl (C=O) groups excluding carboxylic acids is 3. The zero-order valence-electron chi connectivity index (χ0n) is 15.4. The third kappa shape index (κ3) is 4.16. The lowest BCUT2D eigenvalue weighted by Gasteiger charge is -2.17. The average Bonchev–Trinajstić information content (AvgIpc) is 3.14. The monoisotopic (exact) mass is 366 g/mol. The molecular weight excluding hydrogens is 344 g/mol. The Morgan fingerprint density at radius 2 is 1.89 bits per heavy atom. The smallest absolute Gasteiger partial charge is 0.338 e. The Balaban J connectivity index is 1.84. The minimum absolute atomic E-state index is 0.00492.